The summed E-state index contributed by atoms with van der Waals surface area (Å²) < 4.78 is 0. The third-order valence-electron chi connectivity index (χ3n) is 4.09. The van der Waals surface area contributed by atoms with Gasteiger partial charge in [0.1, 0.15) is 6.04 Å². The first-order valence-corrected chi connectivity index (χ1v) is 8.45. The average Bonchev–Trinajstić information content (AvgIpc) is 2.66. The highest BCUT2D eigenvalue weighted by Crippen LogP contribution is 2.14. The molecule has 0 fully saturated rings. The number of carboxylic acids is 1. The zero-order valence-corrected chi connectivity index (χ0v) is 14.9. The van der Waals surface area contributed by atoms with Crippen LogP contribution in [0.5, 0.6) is 0 Å². The van der Waals surface area contributed by atoms with Crippen LogP contribution in [0.15, 0.2) is 39.2 Å². The molecule has 0 saturated carbocycles. The number of nitrogens with one attached hydrogen (secondary N) is 3. The Kier molecular flexibility index (Phi) is 5.34. The van der Waals surface area contributed by atoms with Gasteiger partial charge in [0, 0.05) is 17.5 Å². The van der Waals surface area contributed by atoms with E-state index in [9.17, 15) is 14.4 Å². The second-order valence-corrected chi connectivity index (χ2v) is 6.22. The van der Waals surface area contributed by atoms with Gasteiger partial charge in [0.25, 0.3) is 11.8 Å². The van der Waals surface area contributed by atoms with Crippen LogP contribution in [-0.4, -0.2) is 65.6 Å². The molecule has 2 heterocycles. The molecule has 2 unspecified atom stereocenters. The van der Waals surface area contributed by atoms with E-state index in [0.717, 1.165) is 5.69 Å². The second kappa shape index (κ2) is 7.86. The minimum Gasteiger partial charge on any atom is -0.480 e. The number of rotatable bonds is 6. The maximum atomic E-state index is 12.0. The van der Waals surface area contributed by atoms with Gasteiger partial charge in [-0.25, -0.2) is 4.99 Å². The molecule has 0 aromatic heterocycles. The molecule has 3 rings (SSSR count). The molecule has 11 nitrogen and oxygen atoms in total. The van der Waals surface area contributed by atoms with Crippen molar-refractivity contribution in [3.05, 3.63) is 29.8 Å². The van der Waals surface area contributed by atoms with Crippen LogP contribution in [0.2, 0.25) is 0 Å². The third-order valence-corrected chi connectivity index (χ3v) is 4.09. The summed E-state index contributed by atoms with van der Waals surface area (Å²) in [5.41, 5.74) is 7.13. The van der Waals surface area contributed by atoms with Crippen molar-refractivity contribution in [2.45, 2.75) is 25.2 Å². The van der Waals surface area contributed by atoms with Gasteiger partial charge < -0.3 is 21.5 Å². The van der Waals surface area contributed by atoms with Gasteiger partial charge in [-0.15, -0.1) is 0 Å². The molecule has 1 aromatic carbocycles. The maximum Gasteiger partial charge on any atom is 0.325 e. The van der Waals surface area contributed by atoms with Gasteiger partial charge in [-0.3, -0.25) is 29.7 Å². The van der Waals surface area contributed by atoms with Crippen molar-refractivity contribution in [2.24, 2.45) is 20.7 Å². The van der Waals surface area contributed by atoms with Gasteiger partial charge in [0.2, 0.25) is 0 Å². The highest BCUT2D eigenvalue weighted by molar-refractivity contribution is 6.33. The molecular weight excluding hydrogens is 366 g/mol. The number of hydrogen-bond donors (Lipinski definition) is 5. The number of nitrogens with two attached hydrogens (primary N) is 1. The quantitative estimate of drug-likeness (QED) is 0.419. The Morgan fingerprint density at radius 3 is 2.68 bits per heavy atom. The predicted molar refractivity (Wildman–Crippen MR) is 103 cm³/mol. The fourth-order valence-corrected chi connectivity index (χ4v) is 2.56. The summed E-state index contributed by atoms with van der Waals surface area (Å²) in [6.45, 7) is 1.71. The Hall–Kier alpha value is -3.76. The molecule has 2 amide bonds. The molecule has 1 aromatic rings. The fourth-order valence-electron chi connectivity index (χ4n) is 2.56. The minimum atomic E-state index is -1.11. The largest absolute Gasteiger partial charge is 0.480 e. The van der Waals surface area contributed by atoms with Crippen LogP contribution in [0.3, 0.4) is 0 Å². The van der Waals surface area contributed by atoms with E-state index in [4.69, 9.17) is 10.8 Å². The maximum absolute atomic E-state index is 12.0. The zero-order chi connectivity index (χ0) is 20.3. The second-order valence-electron chi connectivity index (χ2n) is 6.22. The molecule has 146 valence electrons. The molecule has 0 saturated heterocycles. The Morgan fingerprint density at radius 2 is 2.00 bits per heavy atom. The molecular formula is C17H19N7O4. The number of carboxylic acid groups (broad SMARTS) is 1. The number of benzene rings is 1. The Balaban J connectivity index is 1.58. The molecule has 0 aliphatic carbocycles. The average molecular weight is 385 g/mol. The van der Waals surface area contributed by atoms with E-state index in [1.165, 1.54) is 6.92 Å². The van der Waals surface area contributed by atoms with Crippen LogP contribution in [0.1, 0.15) is 17.3 Å². The first-order chi connectivity index (χ1) is 13.3. The lowest BCUT2D eigenvalue weighted by atomic mass is 10.1. The van der Waals surface area contributed by atoms with Crippen LogP contribution in [0, 0.1) is 0 Å². The number of nitrogens with zero attached hydrogens (tertiary/aromatic N) is 3. The van der Waals surface area contributed by atoms with Gasteiger partial charge in [0.05, 0.1) is 12.3 Å². The lowest BCUT2D eigenvalue weighted by Gasteiger charge is -2.25. The topological polar surface area (TPSA) is 171 Å². The fraction of sp³-hybridized carbons (Fsp3) is 0.294. The highest BCUT2D eigenvalue weighted by atomic mass is 16.4. The van der Waals surface area contributed by atoms with Crippen molar-refractivity contribution in [3.8, 4) is 0 Å². The number of guanidine groups is 1. The van der Waals surface area contributed by atoms with Gasteiger partial charge in [-0.05, 0) is 31.2 Å². The van der Waals surface area contributed by atoms with E-state index < -0.39 is 30.1 Å². The van der Waals surface area contributed by atoms with Gasteiger partial charge in [-0.2, -0.15) is 0 Å². The summed E-state index contributed by atoms with van der Waals surface area (Å²) in [6, 6.07) is 4.80. The van der Waals surface area contributed by atoms with Gasteiger partial charge in [0.15, 0.2) is 18.2 Å². The lowest BCUT2D eigenvalue weighted by Crippen LogP contribution is -2.52. The monoisotopic (exact) mass is 385 g/mol. The highest BCUT2D eigenvalue weighted by Gasteiger charge is 2.33. The minimum absolute atomic E-state index is 0.0297. The third kappa shape index (κ3) is 4.31. The Morgan fingerprint density at radius 1 is 1.29 bits per heavy atom. The SMILES string of the molecule is C[C@H](NC(=O)c1ccc(NCC2=NC3C(=O)NC(N)=NC3N=C2)cc1)C(=O)O. The smallest absolute Gasteiger partial charge is 0.325 e. The summed E-state index contributed by atoms with van der Waals surface area (Å²) in [5.74, 6) is -1.90. The van der Waals surface area contributed by atoms with Crippen molar-refractivity contribution in [3.63, 3.8) is 0 Å². The van der Waals surface area contributed by atoms with Crippen molar-refractivity contribution < 1.29 is 19.5 Å². The molecule has 2 aliphatic heterocycles. The standard InChI is InChI=1S/C17H19N7O4/c1-8(16(27)28)21-14(25)9-2-4-10(5-3-9)19-6-11-7-20-13-12(22-11)15(26)24-17(18)23-13/h2-5,7-8,12-13,19H,6H2,1H3,(H,21,25)(H,27,28)(H3,18,23,24,26)/t8-,12?,13?/m0/s1. The number of fused-ring (bicyclic) bond motifs is 1. The number of carbonyl (C=O) groups excluding carboxylic acids is 2. The van der Waals surface area contributed by atoms with E-state index in [1.54, 1.807) is 30.5 Å². The lowest BCUT2D eigenvalue weighted by molar-refractivity contribution is -0.138. The number of carbonyl (C=O) groups is 3. The molecule has 2 aliphatic rings. The van der Waals surface area contributed by atoms with Crippen LogP contribution >= 0.6 is 0 Å². The number of hydrogen-bond acceptors (Lipinski definition) is 8. The molecule has 0 bridgehead atoms. The molecule has 0 spiro atoms. The van der Waals surface area contributed by atoms with Crippen molar-refractivity contribution in [1.82, 2.24) is 10.6 Å². The predicted octanol–water partition coefficient (Wildman–Crippen LogP) is -1.03. The van der Waals surface area contributed by atoms with Crippen molar-refractivity contribution in [1.29, 1.82) is 0 Å². The van der Waals surface area contributed by atoms with Crippen LogP contribution in [-0.2, 0) is 9.59 Å². The molecule has 0 radical (unpaired) electrons. The molecule has 11 heteroatoms. The first kappa shape index (κ1) is 19.0. The zero-order valence-electron chi connectivity index (χ0n) is 14.9. The van der Waals surface area contributed by atoms with Gasteiger partial charge in [-0.1, -0.05) is 0 Å². The van der Waals surface area contributed by atoms with Crippen LogP contribution in [0.25, 0.3) is 0 Å². The number of aliphatic imine (C=N–C) groups is 3. The first-order valence-electron chi connectivity index (χ1n) is 8.45. The summed E-state index contributed by atoms with van der Waals surface area (Å²) in [5, 5.41) is 16.8. The van der Waals surface area contributed by atoms with Crippen LogP contribution < -0.4 is 21.7 Å². The Labute approximate surface area is 159 Å². The molecule has 3 atom stereocenters. The normalized spacial score (nSPS) is 21.5. The van der Waals surface area contributed by atoms with E-state index >= 15 is 0 Å². The van der Waals surface area contributed by atoms with E-state index in [-0.39, 0.29) is 11.9 Å². The van der Waals surface area contributed by atoms with Crippen molar-refractivity contribution in [2.75, 3.05) is 11.9 Å². The van der Waals surface area contributed by atoms with Crippen LogP contribution in [0.4, 0.5) is 5.69 Å². The van der Waals surface area contributed by atoms with E-state index in [2.05, 4.69) is 30.9 Å². The summed E-state index contributed by atoms with van der Waals surface area (Å²) >= 11 is 0. The summed E-state index contributed by atoms with van der Waals surface area (Å²) in [7, 11) is 0. The molecule has 6 N–H and O–H groups in total. The number of amides is 2. The summed E-state index contributed by atoms with van der Waals surface area (Å²) in [4.78, 5) is 47.3. The summed E-state index contributed by atoms with van der Waals surface area (Å²) in [6.07, 6.45) is 0.905. The number of aliphatic carboxylic acids is 1. The number of anilines is 1. The Bertz CT molecular complexity index is 891. The van der Waals surface area contributed by atoms with Gasteiger partial charge >= 0.3 is 5.97 Å². The van der Waals surface area contributed by atoms with E-state index in [1.807, 2.05) is 0 Å². The van der Waals surface area contributed by atoms with Crippen molar-refractivity contribution >= 4 is 41.4 Å². The molecule has 28 heavy (non-hydrogen) atoms. The van der Waals surface area contributed by atoms with E-state index in [0.29, 0.717) is 17.8 Å².